The largest absolute Gasteiger partial charge is 0.315 e. The van der Waals surface area contributed by atoms with Crippen molar-refractivity contribution in [2.24, 2.45) is 0 Å². The van der Waals surface area contributed by atoms with E-state index in [1.807, 2.05) is 6.26 Å². The van der Waals surface area contributed by atoms with Gasteiger partial charge in [0.2, 0.25) is 10.0 Å². The van der Waals surface area contributed by atoms with Crippen molar-refractivity contribution in [1.82, 2.24) is 10.0 Å². The van der Waals surface area contributed by atoms with Crippen LogP contribution in [0.2, 0.25) is 0 Å². The van der Waals surface area contributed by atoms with Crippen LogP contribution in [0.5, 0.6) is 0 Å². The van der Waals surface area contributed by atoms with Gasteiger partial charge >= 0.3 is 0 Å². The molecule has 0 aliphatic heterocycles. The average molecular weight is 311 g/mol. The summed E-state index contributed by atoms with van der Waals surface area (Å²) in [5.41, 5.74) is 0. The first kappa shape index (κ1) is 19.2. The van der Waals surface area contributed by atoms with Crippen molar-refractivity contribution in [3.05, 3.63) is 0 Å². The predicted molar refractivity (Wildman–Crippen MR) is 86.4 cm³/mol. The fraction of sp³-hybridized carbons (Fsp3) is 1.00. The van der Waals surface area contributed by atoms with E-state index < -0.39 is 15.3 Å². The summed E-state index contributed by atoms with van der Waals surface area (Å²) in [6.45, 7) is 9.93. The Kier molecular flexibility index (Phi) is 9.32. The summed E-state index contributed by atoms with van der Waals surface area (Å²) in [7, 11) is -3.23. The Labute approximate surface area is 123 Å². The minimum Gasteiger partial charge on any atom is -0.315 e. The van der Waals surface area contributed by atoms with E-state index in [1.165, 1.54) is 0 Å². The fourth-order valence-electron chi connectivity index (χ4n) is 1.83. The second-order valence-corrected chi connectivity index (χ2v) is 8.43. The molecule has 0 saturated heterocycles. The molecule has 0 radical (unpaired) electrons. The lowest BCUT2D eigenvalue weighted by atomic mass is 10.0. The standard InChI is InChI=1S/C13H30N2O2S2/c1-6-9-14-10-12(4)19(16,17)15-11-13(7-2,8-3)18-5/h12,14-15H,6-11H2,1-5H3. The molecule has 0 spiro atoms. The Morgan fingerprint density at radius 1 is 1.21 bits per heavy atom. The topological polar surface area (TPSA) is 58.2 Å². The number of thioether (sulfide) groups is 1. The quantitative estimate of drug-likeness (QED) is 0.575. The Morgan fingerprint density at radius 3 is 2.21 bits per heavy atom. The smallest absolute Gasteiger partial charge is 0.215 e. The number of sulfonamides is 1. The molecular formula is C13H30N2O2S2. The first-order valence-electron chi connectivity index (χ1n) is 7.11. The number of nitrogens with one attached hydrogen (secondary N) is 2. The molecule has 0 amide bonds. The van der Waals surface area contributed by atoms with E-state index in [1.54, 1.807) is 18.7 Å². The summed E-state index contributed by atoms with van der Waals surface area (Å²) < 4.78 is 27.1. The summed E-state index contributed by atoms with van der Waals surface area (Å²) in [6, 6.07) is 0. The van der Waals surface area contributed by atoms with Crippen LogP contribution in [0.1, 0.15) is 47.0 Å². The monoisotopic (exact) mass is 310 g/mol. The van der Waals surface area contributed by atoms with Crippen LogP contribution in [-0.4, -0.2) is 44.3 Å². The summed E-state index contributed by atoms with van der Waals surface area (Å²) in [5.74, 6) is 0. The Morgan fingerprint density at radius 2 is 1.79 bits per heavy atom. The normalized spacial score (nSPS) is 14.6. The molecule has 0 aromatic heterocycles. The summed E-state index contributed by atoms with van der Waals surface area (Å²) >= 11 is 1.75. The van der Waals surface area contributed by atoms with Crippen molar-refractivity contribution < 1.29 is 8.42 Å². The van der Waals surface area contributed by atoms with Gasteiger partial charge in [0, 0.05) is 17.8 Å². The Bertz CT molecular complexity index is 319. The van der Waals surface area contributed by atoms with Gasteiger partial charge in [0.15, 0.2) is 0 Å². The van der Waals surface area contributed by atoms with Gasteiger partial charge in [0.1, 0.15) is 0 Å². The fourth-order valence-corrected chi connectivity index (χ4v) is 3.81. The molecule has 19 heavy (non-hydrogen) atoms. The molecule has 116 valence electrons. The van der Waals surface area contributed by atoms with Gasteiger partial charge in [-0.2, -0.15) is 11.8 Å². The molecule has 0 aromatic carbocycles. The second-order valence-electron chi connectivity index (χ2n) is 4.98. The SMILES string of the molecule is CCCNCC(C)S(=O)(=O)NCC(CC)(CC)SC. The minimum atomic E-state index is -3.23. The maximum atomic E-state index is 12.2. The highest BCUT2D eigenvalue weighted by Gasteiger charge is 2.28. The molecular weight excluding hydrogens is 280 g/mol. The first-order chi connectivity index (χ1) is 8.87. The van der Waals surface area contributed by atoms with Gasteiger partial charge in [-0.15, -0.1) is 0 Å². The number of rotatable bonds is 11. The molecule has 0 fully saturated rings. The van der Waals surface area contributed by atoms with Gasteiger partial charge < -0.3 is 5.32 Å². The highest BCUT2D eigenvalue weighted by molar-refractivity contribution is 8.00. The van der Waals surface area contributed by atoms with Crippen molar-refractivity contribution in [3.8, 4) is 0 Å². The van der Waals surface area contributed by atoms with E-state index in [0.29, 0.717) is 13.1 Å². The highest BCUT2D eigenvalue weighted by Crippen LogP contribution is 2.29. The lowest BCUT2D eigenvalue weighted by Gasteiger charge is -2.30. The zero-order valence-electron chi connectivity index (χ0n) is 13.0. The van der Waals surface area contributed by atoms with Crippen LogP contribution in [0.15, 0.2) is 0 Å². The molecule has 4 nitrogen and oxygen atoms in total. The Balaban J connectivity index is 4.43. The summed E-state index contributed by atoms with van der Waals surface area (Å²) in [6.07, 6.45) is 5.00. The molecule has 0 saturated carbocycles. The van der Waals surface area contributed by atoms with E-state index in [9.17, 15) is 8.42 Å². The average Bonchev–Trinajstić information content (AvgIpc) is 2.41. The van der Waals surface area contributed by atoms with Gasteiger partial charge in [-0.25, -0.2) is 13.1 Å². The maximum absolute atomic E-state index is 12.2. The van der Waals surface area contributed by atoms with Crippen LogP contribution in [0, 0.1) is 0 Å². The van der Waals surface area contributed by atoms with E-state index in [2.05, 4.69) is 30.8 Å². The number of hydrogen-bond acceptors (Lipinski definition) is 4. The van der Waals surface area contributed by atoms with Crippen LogP contribution in [-0.2, 0) is 10.0 Å². The zero-order valence-corrected chi connectivity index (χ0v) is 14.6. The van der Waals surface area contributed by atoms with Gasteiger partial charge in [-0.3, -0.25) is 0 Å². The van der Waals surface area contributed by atoms with Gasteiger partial charge in [0.25, 0.3) is 0 Å². The van der Waals surface area contributed by atoms with Crippen LogP contribution in [0.4, 0.5) is 0 Å². The van der Waals surface area contributed by atoms with Crippen molar-refractivity contribution in [3.63, 3.8) is 0 Å². The zero-order chi connectivity index (χ0) is 14.9. The van der Waals surface area contributed by atoms with Gasteiger partial charge in [-0.1, -0.05) is 20.8 Å². The van der Waals surface area contributed by atoms with Crippen LogP contribution in [0.3, 0.4) is 0 Å². The molecule has 0 aromatic rings. The molecule has 0 heterocycles. The van der Waals surface area contributed by atoms with Gasteiger partial charge in [0.05, 0.1) is 5.25 Å². The van der Waals surface area contributed by atoms with E-state index in [4.69, 9.17) is 0 Å². The van der Waals surface area contributed by atoms with Gasteiger partial charge in [-0.05, 0) is 39.0 Å². The van der Waals surface area contributed by atoms with E-state index in [0.717, 1.165) is 25.8 Å². The third kappa shape index (κ3) is 6.47. The lowest BCUT2D eigenvalue weighted by molar-refractivity contribution is 0.513. The van der Waals surface area contributed by atoms with Crippen molar-refractivity contribution in [1.29, 1.82) is 0 Å². The number of hydrogen-bond donors (Lipinski definition) is 2. The van der Waals surface area contributed by atoms with E-state index in [-0.39, 0.29) is 4.75 Å². The molecule has 0 bridgehead atoms. The second kappa shape index (κ2) is 9.21. The molecule has 0 aliphatic rings. The van der Waals surface area contributed by atoms with E-state index >= 15 is 0 Å². The third-order valence-electron chi connectivity index (χ3n) is 3.71. The predicted octanol–water partition coefficient (Wildman–Crippen LogP) is 2.22. The molecule has 0 aliphatic carbocycles. The van der Waals surface area contributed by atoms with Crippen molar-refractivity contribution in [2.75, 3.05) is 25.9 Å². The highest BCUT2D eigenvalue weighted by atomic mass is 32.2. The molecule has 0 rings (SSSR count). The molecule has 6 heteroatoms. The van der Waals surface area contributed by atoms with Crippen LogP contribution in [0.25, 0.3) is 0 Å². The van der Waals surface area contributed by atoms with Crippen LogP contribution < -0.4 is 10.0 Å². The lowest BCUT2D eigenvalue weighted by Crippen LogP contribution is -2.45. The molecule has 1 atom stereocenters. The summed E-state index contributed by atoms with van der Waals surface area (Å²) in [5, 5.41) is 2.76. The summed E-state index contributed by atoms with van der Waals surface area (Å²) in [4.78, 5) is 0. The third-order valence-corrected chi connectivity index (χ3v) is 7.07. The molecule has 1 unspecified atom stereocenters. The minimum absolute atomic E-state index is 0.0175. The van der Waals surface area contributed by atoms with Crippen molar-refractivity contribution in [2.45, 2.75) is 57.0 Å². The first-order valence-corrected chi connectivity index (χ1v) is 9.88. The molecule has 2 N–H and O–H groups in total. The van der Waals surface area contributed by atoms with Crippen LogP contribution >= 0.6 is 11.8 Å². The van der Waals surface area contributed by atoms with Crippen molar-refractivity contribution >= 4 is 21.8 Å². The maximum Gasteiger partial charge on any atom is 0.215 e. The Hall–Kier alpha value is 0.220.